The number of carboxylic acids is 1. The minimum Gasteiger partial charge on any atom is -0.478 e. The van der Waals surface area contributed by atoms with Gasteiger partial charge in [-0.15, -0.1) is 0 Å². The Morgan fingerprint density at radius 3 is 2.21 bits per heavy atom. The third-order valence-electron chi connectivity index (χ3n) is 2.31. The molecule has 0 saturated heterocycles. The molecule has 4 heteroatoms. The summed E-state index contributed by atoms with van der Waals surface area (Å²) in [7, 11) is 0. The molecule has 0 aliphatic rings. The van der Waals surface area contributed by atoms with Crippen molar-refractivity contribution in [2.75, 3.05) is 0 Å². The third-order valence-corrected chi connectivity index (χ3v) is 3.70. The minimum atomic E-state index is -0.851. The van der Waals surface area contributed by atoms with Crippen molar-refractivity contribution in [2.45, 2.75) is 20.8 Å². The molecule has 0 unspecified atom stereocenters. The summed E-state index contributed by atoms with van der Waals surface area (Å²) in [6, 6.07) is 1.73. The predicted molar refractivity (Wildman–Crippen MR) is 66.1 cm³/mol. The monoisotopic (exact) mass is 329 g/mol. The molecule has 0 aliphatic heterocycles. The van der Waals surface area contributed by atoms with E-state index >= 15 is 0 Å². The Balaban J connectivity index is 0.00000169. The molecule has 2 nitrogen and oxygen atoms in total. The van der Waals surface area contributed by atoms with E-state index < -0.39 is 5.97 Å². The van der Waals surface area contributed by atoms with Crippen LogP contribution in [0.15, 0.2) is 6.07 Å². The quantitative estimate of drug-likeness (QED) is 0.635. The Labute approximate surface area is 140 Å². The number of halogens is 1. The van der Waals surface area contributed by atoms with E-state index in [0.29, 0.717) is 5.56 Å². The number of rotatable bonds is 1. The zero-order chi connectivity index (χ0) is 10.2. The van der Waals surface area contributed by atoms with Crippen molar-refractivity contribution in [3.05, 3.63) is 31.9 Å². The minimum absolute atomic E-state index is 0. The molecule has 0 aliphatic carbocycles. The van der Waals surface area contributed by atoms with Crippen LogP contribution in [0.25, 0.3) is 0 Å². The number of carboxylic acid groups (broad SMARTS) is 1. The topological polar surface area (TPSA) is 37.3 Å². The van der Waals surface area contributed by atoms with Crippen molar-refractivity contribution >= 4 is 79.9 Å². The molecule has 0 amide bonds. The molecular weight excluding hydrogens is 318 g/mol. The average molecular weight is 329 g/mol. The molecule has 0 atom stereocenters. The van der Waals surface area contributed by atoms with E-state index in [1.54, 1.807) is 6.07 Å². The van der Waals surface area contributed by atoms with Crippen molar-refractivity contribution in [2.24, 2.45) is 0 Å². The Morgan fingerprint density at radius 2 is 1.79 bits per heavy atom. The van der Waals surface area contributed by atoms with Crippen LogP contribution in [0.4, 0.5) is 0 Å². The summed E-state index contributed by atoms with van der Waals surface area (Å²) in [5.74, 6) is -0.851. The molecule has 1 N–H and O–H groups in total. The first-order valence-electron chi connectivity index (χ1n) is 3.94. The normalized spacial score (nSPS) is 9.43. The summed E-state index contributed by atoms with van der Waals surface area (Å²) in [5.41, 5.74) is 3.68. The second kappa shape index (κ2) is 5.96. The van der Waals surface area contributed by atoms with Crippen molar-refractivity contribution in [3.63, 3.8) is 0 Å². The Morgan fingerprint density at radius 1 is 1.29 bits per heavy atom. The summed E-state index contributed by atoms with van der Waals surface area (Å²) in [6.07, 6.45) is 0. The van der Waals surface area contributed by atoms with Gasteiger partial charge in [-0.25, -0.2) is 4.79 Å². The van der Waals surface area contributed by atoms with Gasteiger partial charge in [-0.3, -0.25) is 0 Å². The molecule has 1 rings (SSSR count). The van der Waals surface area contributed by atoms with Crippen molar-refractivity contribution in [1.29, 1.82) is 0 Å². The summed E-state index contributed by atoms with van der Waals surface area (Å²) >= 11 is 2.08. The van der Waals surface area contributed by atoms with Crippen LogP contribution in [0.2, 0.25) is 0 Å². The molecule has 1 aromatic carbocycles. The van der Waals surface area contributed by atoms with Gasteiger partial charge in [-0.2, -0.15) is 0 Å². The standard InChI is InChI=1S/C10H11IO2.K/c1-5-4-8(10(12)13)9(11)7(3)6(5)2;/h4H,1-3H3,(H,12,13);. The average Bonchev–Trinajstić information content (AvgIpc) is 2.07. The van der Waals surface area contributed by atoms with Crippen LogP contribution in [0, 0.1) is 24.3 Å². The van der Waals surface area contributed by atoms with Crippen LogP contribution in [-0.4, -0.2) is 62.5 Å². The number of hydrogen-bond donors (Lipinski definition) is 1. The fourth-order valence-corrected chi connectivity index (χ4v) is 2.00. The van der Waals surface area contributed by atoms with E-state index in [0.717, 1.165) is 14.7 Å². The first-order chi connectivity index (χ1) is 5.95. The fourth-order valence-electron chi connectivity index (χ4n) is 1.21. The van der Waals surface area contributed by atoms with Crippen molar-refractivity contribution < 1.29 is 9.90 Å². The van der Waals surface area contributed by atoms with E-state index in [9.17, 15) is 4.79 Å². The molecule has 0 saturated carbocycles. The predicted octanol–water partition coefficient (Wildman–Crippen LogP) is 2.53. The van der Waals surface area contributed by atoms with Crippen molar-refractivity contribution in [1.82, 2.24) is 0 Å². The molecule has 71 valence electrons. The fraction of sp³-hybridized carbons (Fsp3) is 0.300. The summed E-state index contributed by atoms with van der Waals surface area (Å²) in [5, 5.41) is 8.90. The van der Waals surface area contributed by atoms with Gasteiger partial charge in [0.1, 0.15) is 0 Å². The van der Waals surface area contributed by atoms with Crippen LogP contribution in [0.3, 0.4) is 0 Å². The number of aryl methyl sites for hydroxylation is 1. The van der Waals surface area contributed by atoms with Gasteiger partial charge < -0.3 is 5.11 Å². The first-order valence-corrected chi connectivity index (χ1v) is 5.02. The van der Waals surface area contributed by atoms with Gasteiger partial charge in [-0.1, -0.05) is 0 Å². The van der Waals surface area contributed by atoms with Crippen LogP contribution < -0.4 is 0 Å². The maximum absolute atomic E-state index is 10.8. The molecule has 1 aromatic rings. The number of carbonyl (C=O) groups is 1. The summed E-state index contributed by atoms with van der Waals surface area (Å²) < 4.78 is 0.841. The second-order valence-corrected chi connectivity index (χ2v) is 4.19. The second-order valence-electron chi connectivity index (χ2n) is 3.11. The van der Waals surface area contributed by atoms with Crippen LogP contribution in [0.5, 0.6) is 0 Å². The Kier molecular flexibility index (Phi) is 6.41. The van der Waals surface area contributed by atoms with Crippen LogP contribution in [-0.2, 0) is 0 Å². The van der Waals surface area contributed by atoms with E-state index in [1.807, 2.05) is 20.8 Å². The maximum atomic E-state index is 10.8. The summed E-state index contributed by atoms with van der Waals surface area (Å²) in [4.78, 5) is 10.8. The molecule has 0 aromatic heterocycles. The molecule has 0 bridgehead atoms. The van der Waals surface area contributed by atoms with Gasteiger partial charge >= 0.3 is 5.97 Å². The van der Waals surface area contributed by atoms with E-state index in [-0.39, 0.29) is 51.4 Å². The third kappa shape index (κ3) is 3.02. The van der Waals surface area contributed by atoms with E-state index in [2.05, 4.69) is 22.6 Å². The molecule has 0 heterocycles. The number of benzene rings is 1. The SMILES string of the molecule is Cc1cc(C(=O)O)c(I)c(C)c1C.[K]. The van der Waals surface area contributed by atoms with Crippen LogP contribution in [0.1, 0.15) is 27.0 Å². The largest absolute Gasteiger partial charge is 0.478 e. The molecular formula is C10H11IKO2. The number of hydrogen-bond acceptors (Lipinski definition) is 1. The smallest absolute Gasteiger partial charge is 0.336 e. The van der Waals surface area contributed by atoms with E-state index in [1.165, 1.54) is 5.56 Å². The first kappa shape index (κ1) is 15.1. The summed E-state index contributed by atoms with van der Waals surface area (Å²) in [6.45, 7) is 5.90. The zero-order valence-corrected chi connectivity index (χ0v) is 14.1. The zero-order valence-electron chi connectivity index (χ0n) is 8.81. The van der Waals surface area contributed by atoms with Gasteiger partial charge in [-0.05, 0) is 66.1 Å². The van der Waals surface area contributed by atoms with Gasteiger partial charge in [0.15, 0.2) is 0 Å². The van der Waals surface area contributed by atoms with Gasteiger partial charge in [0, 0.05) is 55.0 Å². The van der Waals surface area contributed by atoms with Crippen LogP contribution >= 0.6 is 22.6 Å². The molecule has 0 spiro atoms. The molecule has 14 heavy (non-hydrogen) atoms. The van der Waals surface area contributed by atoms with Gasteiger partial charge in [0.05, 0.1) is 5.56 Å². The van der Waals surface area contributed by atoms with Crippen molar-refractivity contribution in [3.8, 4) is 0 Å². The Hall–Kier alpha value is 1.06. The number of aromatic carboxylic acids is 1. The van der Waals surface area contributed by atoms with E-state index in [4.69, 9.17) is 5.11 Å². The van der Waals surface area contributed by atoms with Gasteiger partial charge in [0.25, 0.3) is 0 Å². The van der Waals surface area contributed by atoms with Gasteiger partial charge in [0.2, 0.25) is 0 Å². The molecule has 0 fully saturated rings. The Bertz CT molecular complexity index is 375. The maximum Gasteiger partial charge on any atom is 0.336 e. The molecule has 1 radical (unpaired) electrons.